The van der Waals surface area contributed by atoms with E-state index in [1.54, 1.807) is 0 Å². The van der Waals surface area contributed by atoms with E-state index in [2.05, 4.69) is 199 Å². The summed E-state index contributed by atoms with van der Waals surface area (Å²) in [5.41, 5.74) is 14.5. The van der Waals surface area contributed by atoms with Crippen molar-refractivity contribution in [3.05, 3.63) is 203 Å². The summed E-state index contributed by atoms with van der Waals surface area (Å²) in [7, 11) is 0. The molecular weight excluding hydrogens is 693 g/mol. The Kier molecular flexibility index (Phi) is 9.02. The van der Waals surface area contributed by atoms with Crippen LogP contribution in [0, 0.1) is 0 Å². The molecule has 1 aliphatic carbocycles. The summed E-state index contributed by atoms with van der Waals surface area (Å²) in [5, 5.41) is 20.0. The number of aliphatic imine (C=N–C) groups is 1. The molecule has 0 amide bonds. The molecule has 4 N–H and O–H groups in total. The van der Waals surface area contributed by atoms with Gasteiger partial charge in [-0.05, 0) is 119 Å². The van der Waals surface area contributed by atoms with Gasteiger partial charge in [-0.1, -0.05) is 152 Å². The highest BCUT2D eigenvalue weighted by Crippen LogP contribution is 2.42. The van der Waals surface area contributed by atoms with Crippen LogP contribution in [0.15, 0.2) is 181 Å². The molecule has 0 bridgehead atoms. The van der Waals surface area contributed by atoms with Crippen LogP contribution in [0.1, 0.15) is 35.7 Å². The maximum Gasteiger partial charge on any atom is 0.128 e. The molecule has 0 aromatic heterocycles. The van der Waals surface area contributed by atoms with Crippen molar-refractivity contribution in [2.45, 2.75) is 25.6 Å². The monoisotopic (exact) mass is 734 g/mol. The molecule has 1 atom stereocenters. The lowest BCUT2D eigenvalue weighted by molar-refractivity contribution is 0.556. The first kappa shape index (κ1) is 34.5. The first-order chi connectivity index (χ1) is 28.2. The van der Waals surface area contributed by atoms with Crippen LogP contribution in [0.25, 0.3) is 66.4 Å². The third-order valence-corrected chi connectivity index (χ3v) is 11.4. The SMILES string of the molecule is NC(=NC(NCc1cccc2c1=CCCC=2)c1cccc2ccccc12)c1ccc(Nc2ccccc2-c2cc3ccccc3c3ccc4ccccc4c23)cc1. The quantitative estimate of drug-likeness (QED) is 0.0786. The average molecular weight is 735 g/mol. The highest BCUT2D eigenvalue weighted by Gasteiger charge is 2.17. The predicted octanol–water partition coefficient (Wildman–Crippen LogP) is 11.3. The molecule has 0 saturated carbocycles. The molecular formula is C53H42N4. The zero-order chi connectivity index (χ0) is 38.1. The van der Waals surface area contributed by atoms with E-state index in [1.807, 2.05) is 0 Å². The molecule has 0 saturated heterocycles. The van der Waals surface area contributed by atoms with Crippen LogP contribution in [-0.2, 0) is 6.54 Å². The van der Waals surface area contributed by atoms with E-state index in [9.17, 15) is 0 Å². The summed E-state index contributed by atoms with van der Waals surface area (Å²) in [5.74, 6) is 0.483. The van der Waals surface area contributed by atoms with E-state index in [-0.39, 0.29) is 6.17 Å². The largest absolute Gasteiger partial charge is 0.383 e. The van der Waals surface area contributed by atoms with Gasteiger partial charge in [-0.15, -0.1) is 0 Å². The second kappa shape index (κ2) is 14.9. The summed E-state index contributed by atoms with van der Waals surface area (Å²) in [4.78, 5) is 5.19. The Bertz CT molecular complexity index is 3120. The van der Waals surface area contributed by atoms with Gasteiger partial charge in [0.15, 0.2) is 0 Å². The first-order valence-corrected chi connectivity index (χ1v) is 19.8. The lowest BCUT2D eigenvalue weighted by atomic mass is 9.89. The summed E-state index contributed by atoms with van der Waals surface area (Å²) in [6, 6.07) is 62.5. The number of hydrogen-bond donors (Lipinski definition) is 3. The van der Waals surface area contributed by atoms with E-state index in [0.29, 0.717) is 12.4 Å². The number of anilines is 2. The van der Waals surface area contributed by atoms with Crippen molar-refractivity contribution < 1.29 is 0 Å². The maximum absolute atomic E-state index is 6.88. The lowest BCUT2D eigenvalue weighted by Gasteiger charge is -2.19. The van der Waals surface area contributed by atoms with Gasteiger partial charge in [-0.3, -0.25) is 5.32 Å². The Labute approximate surface area is 332 Å². The Balaban J connectivity index is 0.987. The van der Waals surface area contributed by atoms with Crippen LogP contribution in [0.5, 0.6) is 0 Å². The van der Waals surface area contributed by atoms with Crippen molar-refractivity contribution in [3.63, 3.8) is 0 Å². The van der Waals surface area contributed by atoms with Crippen LogP contribution >= 0.6 is 0 Å². The highest BCUT2D eigenvalue weighted by molar-refractivity contribution is 6.23. The van der Waals surface area contributed by atoms with Gasteiger partial charge in [0.2, 0.25) is 0 Å². The minimum absolute atomic E-state index is 0.350. The molecule has 9 aromatic carbocycles. The molecule has 9 aromatic rings. The summed E-state index contributed by atoms with van der Waals surface area (Å²) in [6.45, 7) is 0.669. The van der Waals surface area contributed by atoms with E-state index < -0.39 is 0 Å². The van der Waals surface area contributed by atoms with Gasteiger partial charge in [-0.2, -0.15) is 0 Å². The van der Waals surface area contributed by atoms with Crippen molar-refractivity contribution in [1.29, 1.82) is 0 Å². The smallest absolute Gasteiger partial charge is 0.128 e. The number of para-hydroxylation sites is 1. The van der Waals surface area contributed by atoms with Crippen LogP contribution in [-0.4, -0.2) is 5.84 Å². The van der Waals surface area contributed by atoms with Gasteiger partial charge in [-0.25, -0.2) is 4.99 Å². The molecule has 274 valence electrons. The number of nitrogens with zero attached hydrogens (tertiary/aromatic N) is 1. The van der Waals surface area contributed by atoms with Gasteiger partial charge in [0, 0.05) is 29.0 Å². The molecule has 4 heteroatoms. The molecule has 0 radical (unpaired) electrons. The number of amidine groups is 1. The highest BCUT2D eigenvalue weighted by atomic mass is 15.1. The predicted molar refractivity (Wildman–Crippen MR) is 242 cm³/mol. The zero-order valence-corrected chi connectivity index (χ0v) is 31.6. The molecule has 4 nitrogen and oxygen atoms in total. The van der Waals surface area contributed by atoms with Crippen molar-refractivity contribution in [2.24, 2.45) is 10.7 Å². The van der Waals surface area contributed by atoms with Crippen LogP contribution in [0.4, 0.5) is 11.4 Å². The third-order valence-electron chi connectivity index (χ3n) is 11.4. The Hall–Kier alpha value is -7.01. The van der Waals surface area contributed by atoms with Crippen molar-refractivity contribution in [3.8, 4) is 11.1 Å². The van der Waals surface area contributed by atoms with E-state index in [4.69, 9.17) is 10.7 Å². The number of benzene rings is 9. The number of rotatable bonds is 9. The second-order valence-electron chi connectivity index (χ2n) is 14.9. The topological polar surface area (TPSA) is 62.4 Å². The van der Waals surface area contributed by atoms with E-state index >= 15 is 0 Å². The fourth-order valence-electron chi connectivity index (χ4n) is 8.62. The number of nitrogens with one attached hydrogen (secondary N) is 2. The van der Waals surface area contributed by atoms with Gasteiger partial charge in [0.1, 0.15) is 12.0 Å². The van der Waals surface area contributed by atoms with E-state index in [1.165, 1.54) is 59.3 Å². The van der Waals surface area contributed by atoms with Crippen LogP contribution in [0.2, 0.25) is 0 Å². The van der Waals surface area contributed by atoms with Gasteiger partial charge in [0.25, 0.3) is 0 Å². The van der Waals surface area contributed by atoms with Crippen molar-refractivity contribution in [1.82, 2.24) is 5.32 Å². The van der Waals surface area contributed by atoms with Gasteiger partial charge < -0.3 is 11.1 Å². The average Bonchev–Trinajstić information content (AvgIpc) is 3.27. The van der Waals surface area contributed by atoms with Crippen molar-refractivity contribution in [2.75, 3.05) is 5.32 Å². The number of nitrogens with two attached hydrogens (primary N) is 1. The third kappa shape index (κ3) is 6.60. The molecule has 0 heterocycles. The molecule has 1 unspecified atom stereocenters. The maximum atomic E-state index is 6.88. The molecule has 0 aliphatic heterocycles. The lowest BCUT2D eigenvalue weighted by Crippen LogP contribution is -2.33. The zero-order valence-electron chi connectivity index (χ0n) is 31.6. The fourth-order valence-corrected chi connectivity index (χ4v) is 8.62. The summed E-state index contributed by atoms with van der Waals surface area (Å²) >= 11 is 0. The number of hydrogen-bond acceptors (Lipinski definition) is 3. The van der Waals surface area contributed by atoms with Crippen LogP contribution in [0.3, 0.4) is 0 Å². The normalized spacial score (nSPS) is 13.3. The molecule has 0 fully saturated rings. The van der Waals surface area contributed by atoms with E-state index in [0.717, 1.165) is 46.3 Å². The van der Waals surface area contributed by atoms with Crippen molar-refractivity contribution >= 4 is 72.5 Å². The first-order valence-electron chi connectivity index (χ1n) is 19.8. The minimum Gasteiger partial charge on any atom is -0.383 e. The second-order valence-corrected chi connectivity index (χ2v) is 14.9. The Morgan fingerprint density at radius 3 is 2.11 bits per heavy atom. The molecule has 1 aliphatic rings. The molecule has 57 heavy (non-hydrogen) atoms. The number of fused-ring (bicyclic) bond motifs is 7. The summed E-state index contributed by atoms with van der Waals surface area (Å²) in [6.07, 6.45) is 6.49. The van der Waals surface area contributed by atoms with Gasteiger partial charge in [0.05, 0.1) is 0 Å². The van der Waals surface area contributed by atoms with Gasteiger partial charge >= 0.3 is 0 Å². The molecule has 0 spiro atoms. The summed E-state index contributed by atoms with van der Waals surface area (Å²) < 4.78 is 0. The Morgan fingerprint density at radius 2 is 1.25 bits per heavy atom. The standard InChI is InChI=1S/C53H42N4/c54-52(57-53(48-25-12-18-36-14-2-6-21-43(36)48)55-34-40-19-11-17-35-13-1-5-20-42(35)40)38-27-30-41(31-28-38)56-50-26-10-9-24-46(50)49-33-39-16-4-7-22-44(39)47-32-29-37-15-3-8-23-45(37)51(47)49/h2-4,6-33,53,55-56H,1,5,34H2,(H2,54,57). The minimum atomic E-state index is -0.350. The van der Waals surface area contributed by atoms with Crippen LogP contribution < -0.4 is 26.8 Å². The molecule has 10 rings (SSSR count). The fraction of sp³-hybridized carbons (Fsp3) is 0.0755. The Morgan fingerprint density at radius 1 is 0.561 bits per heavy atom.